The van der Waals surface area contributed by atoms with Gasteiger partial charge in [-0.25, -0.2) is 0 Å². The Bertz CT molecular complexity index is 68.2. The molecule has 12 heavy (non-hydrogen) atoms. The zero-order valence-corrected chi connectivity index (χ0v) is 8.65. The highest BCUT2D eigenvalue weighted by Crippen LogP contribution is 2.26. The average Bonchev–Trinajstić information content (AvgIpc) is 2.38. The van der Waals surface area contributed by atoms with Gasteiger partial charge in [-0.3, -0.25) is 0 Å². The van der Waals surface area contributed by atoms with Crippen LogP contribution in [0.15, 0.2) is 0 Å². The van der Waals surface area contributed by atoms with Crippen LogP contribution in [0.1, 0.15) is 71.1 Å². The van der Waals surface area contributed by atoms with Crippen molar-refractivity contribution in [3.63, 3.8) is 0 Å². The third-order valence-corrected chi connectivity index (χ3v) is 2.87. The van der Waals surface area contributed by atoms with Gasteiger partial charge in [0.1, 0.15) is 0 Å². The van der Waals surface area contributed by atoms with Crippen LogP contribution in [0, 0.1) is 5.92 Å². The largest absolute Gasteiger partial charge is 0.0625 e. The minimum Gasteiger partial charge on any atom is -0.0625 e. The third-order valence-electron chi connectivity index (χ3n) is 2.87. The molecule has 0 aromatic rings. The number of hydrogen-bond acceptors (Lipinski definition) is 0. The zero-order valence-electron chi connectivity index (χ0n) is 8.65. The molecule has 72 valence electrons. The van der Waals surface area contributed by atoms with Crippen LogP contribution in [-0.2, 0) is 0 Å². The van der Waals surface area contributed by atoms with Crippen molar-refractivity contribution in [2.45, 2.75) is 71.1 Å². The number of hydrogen-bond donors (Lipinski definition) is 0. The van der Waals surface area contributed by atoms with Gasteiger partial charge in [-0.15, -0.1) is 0 Å². The van der Waals surface area contributed by atoms with E-state index in [9.17, 15) is 0 Å². The fourth-order valence-electron chi connectivity index (χ4n) is 0.667. The molecule has 0 aromatic heterocycles. The Morgan fingerprint density at radius 2 is 0.750 bits per heavy atom. The highest BCUT2D eigenvalue weighted by Gasteiger charge is 2.12. The van der Waals surface area contributed by atoms with E-state index in [0.717, 1.165) is 5.92 Å². The molecule has 3 saturated carbocycles. The molecule has 3 rings (SSSR count). The molecule has 3 aliphatic rings. The fraction of sp³-hybridized carbons (Fsp3) is 1.00. The summed E-state index contributed by atoms with van der Waals surface area (Å²) in [6.07, 6.45) is 15.0. The van der Waals surface area contributed by atoms with E-state index < -0.39 is 0 Å². The van der Waals surface area contributed by atoms with E-state index >= 15 is 0 Å². The quantitative estimate of drug-likeness (QED) is 0.498. The van der Waals surface area contributed by atoms with Crippen molar-refractivity contribution in [2.75, 3.05) is 0 Å². The maximum Gasteiger partial charge on any atom is -0.0443 e. The van der Waals surface area contributed by atoms with Crippen molar-refractivity contribution in [3.8, 4) is 0 Å². The first kappa shape index (κ1) is 10.1. The zero-order chi connectivity index (χ0) is 8.65. The van der Waals surface area contributed by atoms with Gasteiger partial charge in [-0.05, 0) is 5.92 Å². The first-order chi connectivity index (χ1) is 5.89. The Morgan fingerprint density at radius 1 is 0.583 bits per heavy atom. The van der Waals surface area contributed by atoms with Crippen molar-refractivity contribution in [1.82, 2.24) is 0 Å². The van der Waals surface area contributed by atoms with Crippen LogP contribution in [-0.4, -0.2) is 0 Å². The highest BCUT2D eigenvalue weighted by molar-refractivity contribution is 4.65. The summed E-state index contributed by atoms with van der Waals surface area (Å²) >= 11 is 0. The van der Waals surface area contributed by atoms with E-state index in [0.29, 0.717) is 0 Å². The second-order valence-electron chi connectivity index (χ2n) is 4.51. The normalized spacial score (nSPS) is 24.8. The first-order valence-electron chi connectivity index (χ1n) is 5.89. The molecule has 0 bridgehead atoms. The predicted octanol–water partition coefficient (Wildman–Crippen LogP) is 4.54. The monoisotopic (exact) mass is 168 g/mol. The summed E-state index contributed by atoms with van der Waals surface area (Å²) < 4.78 is 0. The summed E-state index contributed by atoms with van der Waals surface area (Å²) in [4.78, 5) is 0. The summed E-state index contributed by atoms with van der Waals surface area (Å²) in [5, 5.41) is 0. The lowest BCUT2D eigenvalue weighted by atomic mass is 10.0. The summed E-state index contributed by atoms with van der Waals surface area (Å²) in [5.74, 6) is 1.08. The van der Waals surface area contributed by atoms with E-state index in [2.05, 4.69) is 6.92 Å². The molecule has 0 unspecified atom stereocenters. The molecule has 0 heteroatoms. The smallest absolute Gasteiger partial charge is 0.0443 e. The van der Waals surface area contributed by atoms with Gasteiger partial charge >= 0.3 is 0 Å². The molecular weight excluding hydrogens is 144 g/mol. The molecule has 0 amide bonds. The Kier molecular flexibility index (Phi) is 5.47. The molecule has 0 heterocycles. The SMILES string of the molecule is C1CCC1.C1CCC1.CC1CC1. The van der Waals surface area contributed by atoms with E-state index in [1.807, 2.05) is 0 Å². The predicted molar refractivity (Wildman–Crippen MR) is 55.3 cm³/mol. The van der Waals surface area contributed by atoms with Gasteiger partial charge in [0.25, 0.3) is 0 Å². The Labute approximate surface area is 77.7 Å². The third kappa shape index (κ3) is 6.69. The second kappa shape index (κ2) is 6.51. The molecular formula is C12H24. The van der Waals surface area contributed by atoms with Gasteiger partial charge in [-0.1, -0.05) is 71.1 Å². The highest BCUT2D eigenvalue weighted by atomic mass is 14.2. The maximum atomic E-state index is 2.28. The minimum absolute atomic E-state index is 1.08. The molecule has 3 fully saturated rings. The molecule has 0 nitrogen and oxygen atoms in total. The molecule has 3 aliphatic carbocycles. The summed E-state index contributed by atoms with van der Waals surface area (Å²) in [5.41, 5.74) is 0. The molecule has 0 spiro atoms. The topological polar surface area (TPSA) is 0 Å². The Balaban J connectivity index is 0.0000000900. The van der Waals surface area contributed by atoms with E-state index in [1.54, 1.807) is 0 Å². The first-order valence-corrected chi connectivity index (χ1v) is 5.89. The van der Waals surface area contributed by atoms with E-state index in [4.69, 9.17) is 0 Å². The van der Waals surface area contributed by atoms with Crippen molar-refractivity contribution in [3.05, 3.63) is 0 Å². The van der Waals surface area contributed by atoms with Gasteiger partial charge < -0.3 is 0 Å². The standard InChI is InChI=1S/3C4H8/c1-4-2-3-4;2*1-2-4-3-1/h4H,2-3H2,1H3;2*1-4H2. The van der Waals surface area contributed by atoms with Gasteiger partial charge in [0.15, 0.2) is 0 Å². The van der Waals surface area contributed by atoms with Crippen molar-refractivity contribution >= 4 is 0 Å². The lowest BCUT2D eigenvalue weighted by Crippen LogP contribution is -1.85. The lowest BCUT2D eigenvalue weighted by Gasteiger charge is -2.05. The molecule has 0 saturated heterocycles. The Morgan fingerprint density at radius 3 is 0.750 bits per heavy atom. The van der Waals surface area contributed by atoms with Crippen molar-refractivity contribution in [2.24, 2.45) is 5.92 Å². The van der Waals surface area contributed by atoms with Crippen LogP contribution in [0.3, 0.4) is 0 Å². The van der Waals surface area contributed by atoms with Gasteiger partial charge in [0.2, 0.25) is 0 Å². The van der Waals surface area contributed by atoms with Crippen LogP contribution in [0.4, 0.5) is 0 Å². The fourth-order valence-corrected chi connectivity index (χ4v) is 0.667. The van der Waals surface area contributed by atoms with Crippen LogP contribution < -0.4 is 0 Å². The summed E-state index contributed by atoms with van der Waals surface area (Å²) in [6.45, 7) is 2.28. The van der Waals surface area contributed by atoms with E-state index in [-0.39, 0.29) is 0 Å². The van der Waals surface area contributed by atoms with Crippen molar-refractivity contribution in [1.29, 1.82) is 0 Å². The molecule has 0 N–H and O–H groups in total. The Hall–Kier alpha value is 0. The maximum absolute atomic E-state index is 2.28. The van der Waals surface area contributed by atoms with Gasteiger partial charge in [0.05, 0.1) is 0 Å². The number of rotatable bonds is 0. The van der Waals surface area contributed by atoms with E-state index in [1.165, 1.54) is 64.2 Å². The molecule has 0 aliphatic heterocycles. The molecule has 0 atom stereocenters. The average molecular weight is 168 g/mol. The van der Waals surface area contributed by atoms with Crippen LogP contribution in [0.2, 0.25) is 0 Å². The van der Waals surface area contributed by atoms with Crippen LogP contribution in [0.5, 0.6) is 0 Å². The second-order valence-corrected chi connectivity index (χ2v) is 4.51. The molecule has 0 radical (unpaired) electrons. The van der Waals surface area contributed by atoms with Gasteiger partial charge in [0, 0.05) is 0 Å². The van der Waals surface area contributed by atoms with Gasteiger partial charge in [-0.2, -0.15) is 0 Å². The summed E-state index contributed by atoms with van der Waals surface area (Å²) in [6, 6.07) is 0. The van der Waals surface area contributed by atoms with Crippen molar-refractivity contribution < 1.29 is 0 Å². The van der Waals surface area contributed by atoms with Crippen LogP contribution >= 0.6 is 0 Å². The molecule has 0 aromatic carbocycles. The summed E-state index contributed by atoms with van der Waals surface area (Å²) in [7, 11) is 0. The van der Waals surface area contributed by atoms with Crippen LogP contribution in [0.25, 0.3) is 0 Å². The minimum atomic E-state index is 1.08. The lowest BCUT2D eigenvalue weighted by molar-refractivity contribution is 0.504.